The van der Waals surface area contributed by atoms with Crippen LogP contribution in [0.25, 0.3) is 105 Å². The van der Waals surface area contributed by atoms with Crippen LogP contribution in [0.4, 0.5) is 0 Å². The van der Waals surface area contributed by atoms with Crippen molar-refractivity contribution < 1.29 is 0 Å². The highest BCUT2D eigenvalue weighted by molar-refractivity contribution is 6.30. The van der Waals surface area contributed by atoms with Gasteiger partial charge in [-0.25, -0.2) is 9.97 Å². The SMILES string of the molecule is c1ccc(-c2nc(-c3ccc(-n4c5cc6ccccc6cc5c5c6cccc7c6c(cc54)-c4ccccc4-7)cc3)nc3cccnc23)cc1. The summed E-state index contributed by atoms with van der Waals surface area (Å²) in [5.74, 6) is 0.683. The van der Waals surface area contributed by atoms with E-state index in [0.29, 0.717) is 5.82 Å². The maximum Gasteiger partial charge on any atom is 0.160 e. The molecule has 0 saturated heterocycles. The Labute approximate surface area is 281 Å². The Kier molecular flexibility index (Phi) is 5.35. The van der Waals surface area contributed by atoms with Gasteiger partial charge in [0, 0.05) is 33.8 Å². The zero-order valence-electron chi connectivity index (χ0n) is 26.3. The van der Waals surface area contributed by atoms with Gasteiger partial charge in [-0.2, -0.15) is 0 Å². The van der Waals surface area contributed by atoms with Crippen LogP contribution < -0.4 is 0 Å². The van der Waals surface area contributed by atoms with Crippen LogP contribution in [0.1, 0.15) is 0 Å². The molecule has 1 aliphatic carbocycles. The molecule has 4 heteroatoms. The molecule has 7 aromatic carbocycles. The van der Waals surface area contributed by atoms with Gasteiger partial charge < -0.3 is 4.57 Å². The number of benzene rings is 7. The van der Waals surface area contributed by atoms with E-state index in [-0.39, 0.29) is 0 Å². The zero-order chi connectivity index (χ0) is 32.1. The summed E-state index contributed by atoms with van der Waals surface area (Å²) < 4.78 is 2.44. The molecule has 3 heterocycles. The third-order valence-electron chi connectivity index (χ3n) is 10.1. The minimum Gasteiger partial charge on any atom is -0.309 e. The lowest BCUT2D eigenvalue weighted by Gasteiger charge is -2.12. The second-order valence-corrected chi connectivity index (χ2v) is 12.8. The molecule has 0 radical (unpaired) electrons. The van der Waals surface area contributed by atoms with E-state index < -0.39 is 0 Å². The minimum absolute atomic E-state index is 0.683. The van der Waals surface area contributed by atoms with Gasteiger partial charge in [-0.1, -0.05) is 97.1 Å². The van der Waals surface area contributed by atoms with Gasteiger partial charge in [-0.15, -0.1) is 0 Å². The number of nitrogens with zero attached hydrogens (tertiary/aromatic N) is 4. The molecule has 0 atom stereocenters. The van der Waals surface area contributed by atoms with Crippen molar-refractivity contribution in [2.45, 2.75) is 0 Å². The van der Waals surface area contributed by atoms with Gasteiger partial charge in [-0.05, 0) is 98.4 Å². The summed E-state index contributed by atoms with van der Waals surface area (Å²) in [6.45, 7) is 0. The first kappa shape index (κ1) is 26.4. The molecule has 49 heavy (non-hydrogen) atoms. The lowest BCUT2D eigenvalue weighted by atomic mass is 9.97. The first-order valence-corrected chi connectivity index (χ1v) is 16.6. The van der Waals surface area contributed by atoms with Gasteiger partial charge in [0.25, 0.3) is 0 Å². The summed E-state index contributed by atoms with van der Waals surface area (Å²) in [6.07, 6.45) is 1.80. The van der Waals surface area contributed by atoms with E-state index in [1.165, 1.54) is 65.6 Å². The molecule has 0 aliphatic heterocycles. The van der Waals surface area contributed by atoms with Crippen LogP contribution >= 0.6 is 0 Å². The van der Waals surface area contributed by atoms with Crippen molar-refractivity contribution >= 4 is 54.4 Å². The van der Waals surface area contributed by atoms with Gasteiger partial charge in [0.05, 0.1) is 16.6 Å². The number of fused-ring (bicyclic) bond motifs is 9. The number of hydrogen-bond acceptors (Lipinski definition) is 3. The van der Waals surface area contributed by atoms with Gasteiger partial charge in [0.2, 0.25) is 0 Å². The number of rotatable bonds is 3. The zero-order valence-corrected chi connectivity index (χ0v) is 26.3. The molecule has 0 unspecified atom stereocenters. The van der Waals surface area contributed by atoms with Gasteiger partial charge in [0.1, 0.15) is 11.2 Å². The van der Waals surface area contributed by atoms with E-state index in [1.807, 2.05) is 30.3 Å². The molecule has 3 aromatic heterocycles. The molecular formula is C45H26N4. The smallest absolute Gasteiger partial charge is 0.160 e. The molecule has 226 valence electrons. The first-order chi connectivity index (χ1) is 24.3. The molecule has 10 aromatic rings. The number of hydrogen-bond donors (Lipinski definition) is 0. The third kappa shape index (κ3) is 3.77. The van der Waals surface area contributed by atoms with Crippen LogP contribution in [0.15, 0.2) is 158 Å². The summed E-state index contributed by atoms with van der Waals surface area (Å²) in [5, 5.41) is 7.66. The average Bonchev–Trinajstić information content (AvgIpc) is 3.67. The molecule has 0 amide bonds. The normalized spacial score (nSPS) is 12.1. The lowest BCUT2D eigenvalue weighted by Crippen LogP contribution is -1.98. The Balaban J connectivity index is 1.17. The second-order valence-electron chi connectivity index (χ2n) is 12.8. The number of aromatic nitrogens is 4. The van der Waals surface area contributed by atoms with Crippen LogP contribution in [0.3, 0.4) is 0 Å². The fourth-order valence-electron chi connectivity index (χ4n) is 7.99. The van der Waals surface area contributed by atoms with Crippen LogP contribution in [-0.2, 0) is 0 Å². The Morgan fingerprint density at radius 1 is 0.449 bits per heavy atom. The Hall–Kier alpha value is -6.65. The maximum atomic E-state index is 5.07. The topological polar surface area (TPSA) is 43.6 Å². The van der Waals surface area contributed by atoms with Crippen molar-refractivity contribution in [1.82, 2.24) is 19.5 Å². The van der Waals surface area contributed by atoms with Crippen molar-refractivity contribution in [2.24, 2.45) is 0 Å². The average molecular weight is 623 g/mol. The molecule has 0 fully saturated rings. The Morgan fingerprint density at radius 2 is 1.18 bits per heavy atom. The van der Waals surface area contributed by atoms with E-state index >= 15 is 0 Å². The molecule has 0 spiro atoms. The molecule has 11 rings (SSSR count). The molecule has 4 nitrogen and oxygen atoms in total. The van der Waals surface area contributed by atoms with E-state index in [9.17, 15) is 0 Å². The molecule has 0 saturated carbocycles. The second kappa shape index (κ2) is 9.93. The lowest BCUT2D eigenvalue weighted by molar-refractivity contribution is 1.17. The summed E-state index contributed by atoms with van der Waals surface area (Å²) in [4.78, 5) is 14.7. The molecule has 0 bridgehead atoms. The van der Waals surface area contributed by atoms with Crippen LogP contribution in [0.5, 0.6) is 0 Å². The predicted octanol–water partition coefficient (Wildman–Crippen LogP) is 11.4. The Bertz CT molecular complexity index is 2980. The highest BCUT2D eigenvalue weighted by Crippen LogP contribution is 2.51. The third-order valence-corrected chi connectivity index (χ3v) is 10.1. The molecule has 1 aliphatic rings. The van der Waals surface area contributed by atoms with E-state index in [1.54, 1.807) is 6.20 Å². The summed E-state index contributed by atoms with van der Waals surface area (Å²) in [6, 6.07) is 54.3. The summed E-state index contributed by atoms with van der Waals surface area (Å²) >= 11 is 0. The fraction of sp³-hybridized carbons (Fsp3) is 0. The van der Waals surface area contributed by atoms with E-state index in [2.05, 4.69) is 131 Å². The van der Waals surface area contributed by atoms with Gasteiger partial charge in [0.15, 0.2) is 5.82 Å². The highest BCUT2D eigenvalue weighted by Gasteiger charge is 2.25. The monoisotopic (exact) mass is 622 g/mol. The van der Waals surface area contributed by atoms with Crippen LogP contribution in [0, 0.1) is 0 Å². The van der Waals surface area contributed by atoms with Gasteiger partial charge in [-0.3, -0.25) is 4.98 Å². The van der Waals surface area contributed by atoms with Crippen molar-refractivity contribution in [3.05, 3.63) is 158 Å². The van der Waals surface area contributed by atoms with Crippen molar-refractivity contribution in [3.8, 4) is 50.6 Å². The largest absolute Gasteiger partial charge is 0.309 e. The standard InChI is InChI=1S/C45H26N4/c1-2-10-27(11-3-1)43-44-38(18-9-23-46-44)47-45(48-43)28-19-21-31(22-20-28)49-39-25-30-13-5-4-12-29(30)24-37(39)42-35-17-8-16-34-32-14-6-7-15-33(32)36(41(34)35)26-40(42)49/h1-26H. The maximum absolute atomic E-state index is 5.07. The Morgan fingerprint density at radius 3 is 2.02 bits per heavy atom. The molecule has 0 N–H and O–H groups in total. The van der Waals surface area contributed by atoms with Crippen LogP contribution in [0.2, 0.25) is 0 Å². The van der Waals surface area contributed by atoms with Crippen molar-refractivity contribution in [2.75, 3.05) is 0 Å². The van der Waals surface area contributed by atoms with Crippen molar-refractivity contribution in [3.63, 3.8) is 0 Å². The van der Waals surface area contributed by atoms with Gasteiger partial charge >= 0.3 is 0 Å². The molecular weight excluding hydrogens is 597 g/mol. The summed E-state index contributed by atoms with van der Waals surface area (Å²) in [7, 11) is 0. The minimum atomic E-state index is 0.683. The van der Waals surface area contributed by atoms with E-state index in [4.69, 9.17) is 9.97 Å². The first-order valence-electron chi connectivity index (χ1n) is 16.6. The number of pyridine rings is 1. The van der Waals surface area contributed by atoms with Crippen LogP contribution in [-0.4, -0.2) is 19.5 Å². The van der Waals surface area contributed by atoms with Crippen molar-refractivity contribution in [1.29, 1.82) is 0 Å². The van der Waals surface area contributed by atoms with E-state index in [0.717, 1.165) is 33.5 Å². The fourth-order valence-corrected chi connectivity index (χ4v) is 7.99. The predicted molar refractivity (Wildman–Crippen MR) is 202 cm³/mol. The highest BCUT2D eigenvalue weighted by atomic mass is 15.0. The summed E-state index contributed by atoms with van der Waals surface area (Å²) in [5.41, 5.74) is 13.2. The quantitative estimate of drug-likeness (QED) is 0.197.